The maximum Gasteiger partial charge on any atom is 0.141 e. The Morgan fingerprint density at radius 1 is 1.38 bits per heavy atom. The van der Waals surface area contributed by atoms with Crippen molar-refractivity contribution in [3.8, 4) is 0 Å². The molecule has 0 bridgehead atoms. The predicted molar refractivity (Wildman–Crippen MR) is 62.5 cm³/mol. The van der Waals surface area contributed by atoms with E-state index < -0.39 is 0 Å². The zero-order chi connectivity index (χ0) is 11.4. The predicted octanol–water partition coefficient (Wildman–Crippen LogP) is 2.89. The molecular formula is C13H19FN2. The van der Waals surface area contributed by atoms with Gasteiger partial charge in [0.05, 0.1) is 6.20 Å². The van der Waals surface area contributed by atoms with Crippen molar-refractivity contribution in [3.63, 3.8) is 0 Å². The van der Waals surface area contributed by atoms with E-state index in [0.717, 1.165) is 18.0 Å². The highest BCUT2D eigenvalue weighted by atomic mass is 19.1. The number of aromatic nitrogens is 1. The molecule has 0 aliphatic heterocycles. The Hall–Kier alpha value is -0.960. The largest absolute Gasteiger partial charge is 0.310 e. The van der Waals surface area contributed by atoms with Gasteiger partial charge in [-0.2, -0.15) is 0 Å². The highest BCUT2D eigenvalue weighted by Gasteiger charge is 2.20. The summed E-state index contributed by atoms with van der Waals surface area (Å²) in [5, 5.41) is 3.51. The third-order valence-electron chi connectivity index (χ3n) is 3.44. The lowest BCUT2D eigenvalue weighted by Gasteiger charge is -2.29. The van der Waals surface area contributed by atoms with Gasteiger partial charge in [-0.05, 0) is 30.4 Å². The topological polar surface area (TPSA) is 24.9 Å². The number of pyridine rings is 1. The fourth-order valence-electron chi connectivity index (χ4n) is 2.42. The second kappa shape index (κ2) is 5.39. The first kappa shape index (κ1) is 11.5. The van der Waals surface area contributed by atoms with Gasteiger partial charge in [0.25, 0.3) is 0 Å². The maximum atomic E-state index is 12.9. The van der Waals surface area contributed by atoms with Crippen LogP contribution in [0.2, 0.25) is 0 Å². The first-order chi connectivity index (χ1) is 7.75. The van der Waals surface area contributed by atoms with Gasteiger partial charge in [-0.15, -0.1) is 0 Å². The molecule has 1 aromatic heterocycles. The minimum atomic E-state index is -0.254. The van der Waals surface area contributed by atoms with Gasteiger partial charge in [-0.25, -0.2) is 4.39 Å². The molecule has 16 heavy (non-hydrogen) atoms. The maximum absolute atomic E-state index is 12.9. The van der Waals surface area contributed by atoms with Gasteiger partial charge >= 0.3 is 0 Å². The highest BCUT2D eigenvalue weighted by molar-refractivity contribution is 5.09. The summed E-state index contributed by atoms with van der Waals surface area (Å²) < 4.78 is 12.9. The number of hydrogen-bond donors (Lipinski definition) is 1. The Morgan fingerprint density at radius 2 is 2.19 bits per heavy atom. The summed E-state index contributed by atoms with van der Waals surface area (Å²) in [6.07, 6.45) is 8.17. The third kappa shape index (κ3) is 3.01. The van der Waals surface area contributed by atoms with Gasteiger partial charge in [0.1, 0.15) is 5.82 Å². The van der Waals surface area contributed by atoms with Crippen LogP contribution in [0.15, 0.2) is 18.5 Å². The lowest BCUT2D eigenvalue weighted by molar-refractivity contribution is 0.279. The summed E-state index contributed by atoms with van der Waals surface area (Å²) in [7, 11) is 0. The van der Waals surface area contributed by atoms with Crippen LogP contribution in [0.1, 0.15) is 38.2 Å². The van der Waals surface area contributed by atoms with Crippen molar-refractivity contribution >= 4 is 0 Å². The molecule has 1 aliphatic rings. The minimum absolute atomic E-state index is 0.254. The summed E-state index contributed by atoms with van der Waals surface area (Å²) >= 11 is 0. The number of hydrogen-bond acceptors (Lipinski definition) is 2. The minimum Gasteiger partial charge on any atom is -0.310 e. The SMILES string of the molecule is CC1CCCCC1NCc1cncc(F)c1. The molecule has 1 aliphatic carbocycles. The smallest absolute Gasteiger partial charge is 0.141 e. The lowest BCUT2D eigenvalue weighted by Crippen LogP contribution is -2.36. The lowest BCUT2D eigenvalue weighted by atomic mass is 9.86. The van der Waals surface area contributed by atoms with Crippen LogP contribution in [0.4, 0.5) is 4.39 Å². The molecule has 0 saturated heterocycles. The molecule has 2 nitrogen and oxygen atoms in total. The van der Waals surface area contributed by atoms with Crippen LogP contribution < -0.4 is 5.32 Å². The fraction of sp³-hybridized carbons (Fsp3) is 0.615. The molecule has 1 aromatic rings. The second-order valence-corrected chi connectivity index (χ2v) is 4.76. The number of nitrogens with one attached hydrogen (secondary N) is 1. The molecule has 2 atom stereocenters. The van der Waals surface area contributed by atoms with Gasteiger partial charge in [0, 0.05) is 18.8 Å². The third-order valence-corrected chi connectivity index (χ3v) is 3.44. The van der Waals surface area contributed by atoms with E-state index in [0.29, 0.717) is 6.04 Å². The van der Waals surface area contributed by atoms with Gasteiger partial charge in [0.15, 0.2) is 0 Å². The molecular weight excluding hydrogens is 203 g/mol. The molecule has 0 aromatic carbocycles. The van der Waals surface area contributed by atoms with Gasteiger partial charge < -0.3 is 5.32 Å². The zero-order valence-corrected chi connectivity index (χ0v) is 9.75. The molecule has 1 saturated carbocycles. The molecule has 3 heteroatoms. The van der Waals surface area contributed by atoms with E-state index in [2.05, 4.69) is 17.2 Å². The number of halogens is 1. The Kier molecular flexibility index (Phi) is 3.88. The zero-order valence-electron chi connectivity index (χ0n) is 9.75. The van der Waals surface area contributed by atoms with Crippen LogP contribution in [0, 0.1) is 11.7 Å². The first-order valence-electron chi connectivity index (χ1n) is 6.08. The van der Waals surface area contributed by atoms with E-state index in [-0.39, 0.29) is 5.82 Å². The van der Waals surface area contributed by atoms with E-state index in [1.54, 1.807) is 12.3 Å². The van der Waals surface area contributed by atoms with E-state index in [9.17, 15) is 4.39 Å². The van der Waals surface area contributed by atoms with Crippen molar-refractivity contribution in [2.45, 2.75) is 45.2 Å². The van der Waals surface area contributed by atoms with E-state index in [1.807, 2.05) is 0 Å². The highest BCUT2D eigenvalue weighted by Crippen LogP contribution is 2.23. The quantitative estimate of drug-likeness (QED) is 0.850. The van der Waals surface area contributed by atoms with Gasteiger partial charge in [-0.1, -0.05) is 19.8 Å². The van der Waals surface area contributed by atoms with Crippen molar-refractivity contribution in [2.75, 3.05) is 0 Å². The Balaban J connectivity index is 1.86. The van der Waals surface area contributed by atoms with Crippen LogP contribution in [-0.2, 0) is 6.54 Å². The second-order valence-electron chi connectivity index (χ2n) is 4.76. The normalized spacial score (nSPS) is 25.6. The van der Waals surface area contributed by atoms with Gasteiger partial charge in [-0.3, -0.25) is 4.98 Å². The molecule has 88 valence electrons. The Bertz CT molecular complexity index is 340. The average molecular weight is 222 g/mol. The van der Waals surface area contributed by atoms with Crippen molar-refractivity contribution in [1.29, 1.82) is 0 Å². The standard InChI is InChI=1S/C13H19FN2/c1-10-4-2-3-5-13(10)16-8-11-6-12(14)9-15-7-11/h6-7,9-10,13,16H,2-5,8H2,1H3. The van der Waals surface area contributed by atoms with E-state index in [1.165, 1.54) is 31.9 Å². The molecule has 0 amide bonds. The van der Waals surface area contributed by atoms with Crippen LogP contribution in [0.25, 0.3) is 0 Å². The fourth-order valence-corrected chi connectivity index (χ4v) is 2.42. The molecule has 0 radical (unpaired) electrons. The van der Waals surface area contributed by atoms with Gasteiger partial charge in [0.2, 0.25) is 0 Å². The Labute approximate surface area is 96.3 Å². The molecule has 2 unspecified atom stereocenters. The molecule has 1 fully saturated rings. The Morgan fingerprint density at radius 3 is 2.94 bits per heavy atom. The molecule has 1 N–H and O–H groups in total. The van der Waals surface area contributed by atoms with Crippen molar-refractivity contribution < 1.29 is 4.39 Å². The summed E-state index contributed by atoms with van der Waals surface area (Å²) in [4.78, 5) is 3.85. The van der Waals surface area contributed by atoms with Crippen LogP contribution in [0.5, 0.6) is 0 Å². The molecule has 2 rings (SSSR count). The van der Waals surface area contributed by atoms with Crippen LogP contribution in [0.3, 0.4) is 0 Å². The molecule has 1 heterocycles. The van der Waals surface area contributed by atoms with Crippen molar-refractivity contribution in [1.82, 2.24) is 10.3 Å². The average Bonchev–Trinajstić information content (AvgIpc) is 2.28. The summed E-state index contributed by atoms with van der Waals surface area (Å²) in [5.41, 5.74) is 0.928. The number of rotatable bonds is 3. The van der Waals surface area contributed by atoms with E-state index >= 15 is 0 Å². The summed E-state index contributed by atoms with van der Waals surface area (Å²) in [5.74, 6) is 0.478. The van der Waals surface area contributed by atoms with Crippen LogP contribution >= 0.6 is 0 Å². The number of nitrogens with zero attached hydrogens (tertiary/aromatic N) is 1. The molecule has 0 spiro atoms. The van der Waals surface area contributed by atoms with Crippen LogP contribution in [-0.4, -0.2) is 11.0 Å². The van der Waals surface area contributed by atoms with Crippen molar-refractivity contribution in [3.05, 3.63) is 29.8 Å². The van der Waals surface area contributed by atoms with E-state index in [4.69, 9.17) is 0 Å². The monoisotopic (exact) mass is 222 g/mol. The first-order valence-corrected chi connectivity index (χ1v) is 6.08. The van der Waals surface area contributed by atoms with Crippen molar-refractivity contribution in [2.24, 2.45) is 5.92 Å². The summed E-state index contributed by atoms with van der Waals surface area (Å²) in [6, 6.07) is 2.13. The summed E-state index contributed by atoms with van der Waals surface area (Å²) in [6.45, 7) is 3.01.